The van der Waals surface area contributed by atoms with Gasteiger partial charge in [0, 0.05) is 12.1 Å². The summed E-state index contributed by atoms with van der Waals surface area (Å²) < 4.78 is 4.82. The van der Waals surface area contributed by atoms with Crippen molar-refractivity contribution in [1.82, 2.24) is 15.1 Å². The lowest BCUT2D eigenvalue weighted by atomic mass is 10.1. The number of esters is 1. The molecule has 1 N–H and O–H groups in total. The fourth-order valence-corrected chi connectivity index (χ4v) is 2.49. The molecule has 0 unspecified atom stereocenters. The zero-order valence-electron chi connectivity index (χ0n) is 13.8. The van der Waals surface area contributed by atoms with Crippen molar-refractivity contribution >= 4 is 35.4 Å². The van der Waals surface area contributed by atoms with E-state index in [1.165, 1.54) is 11.9 Å². The van der Waals surface area contributed by atoms with Crippen molar-refractivity contribution in [1.29, 1.82) is 0 Å². The maximum Gasteiger partial charge on any atom is 0.327 e. The monoisotopic (exact) mass is 367 g/mol. The Kier molecular flexibility index (Phi) is 5.97. The fourth-order valence-electron chi connectivity index (χ4n) is 2.29. The van der Waals surface area contributed by atoms with Crippen LogP contribution in [0.25, 0.3) is 0 Å². The van der Waals surface area contributed by atoms with Gasteiger partial charge in [-0.3, -0.25) is 19.3 Å². The normalized spacial score (nSPS) is 15.3. The summed E-state index contributed by atoms with van der Waals surface area (Å²) >= 11 is 5.90. The Labute approximate surface area is 149 Å². The number of carbonyl (C=O) groups excluding carboxylic acids is 4. The average molecular weight is 368 g/mol. The molecule has 0 spiro atoms. The van der Waals surface area contributed by atoms with Crippen LogP contribution >= 0.6 is 11.6 Å². The number of likely N-dealkylation sites (N-methyl/N-ethyl adjacent to an activating group) is 1. The smallest absolute Gasteiger partial charge is 0.327 e. The molecule has 1 fully saturated rings. The van der Waals surface area contributed by atoms with Crippen LogP contribution in [-0.2, 0) is 19.1 Å². The largest absolute Gasteiger partial charge is 0.454 e. The minimum atomic E-state index is -0.831. The molecule has 134 valence electrons. The van der Waals surface area contributed by atoms with Crippen LogP contribution < -0.4 is 5.32 Å². The number of ether oxygens (including phenoxy) is 1. The van der Waals surface area contributed by atoms with E-state index in [1.807, 2.05) is 6.07 Å². The van der Waals surface area contributed by atoms with Gasteiger partial charge in [-0.15, -0.1) is 0 Å². The molecule has 1 aromatic rings. The lowest BCUT2D eigenvalue weighted by molar-refractivity contribution is -0.150. The minimum absolute atomic E-state index is 0.0796. The Morgan fingerprint density at radius 2 is 2.08 bits per heavy atom. The number of amides is 4. The number of hydrogen-bond acceptors (Lipinski definition) is 5. The number of nitrogens with one attached hydrogen (secondary N) is 1. The highest BCUT2D eigenvalue weighted by Gasteiger charge is 2.35. The second kappa shape index (κ2) is 7.98. The summed E-state index contributed by atoms with van der Waals surface area (Å²) in [5, 5.41) is 3.22. The molecular formula is C16H18ClN3O5. The third-order valence-electron chi connectivity index (χ3n) is 3.61. The van der Waals surface area contributed by atoms with Crippen molar-refractivity contribution in [3.63, 3.8) is 0 Å². The molecule has 0 aromatic heterocycles. The lowest BCUT2D eigenvalue weighted by Crippen LogP contribution is -2.38. The quantitative estimate of drug-likeness (QED) is 0.596. The molecule has 25 heavy (non-hydrogen) atoms. The molecule has 1 heterocycles. The number of hydrogen-bond donors (Lipinski definition) is 1. The maximum atomic E-state index is 11.9. The molecule has 1 atom stereocenters. The van der Waals surface area contributed by atoms with Gasteiger partial charge in [0.25, 0.3) is 11.8 Å². The van der Waals surface area contributed by atoms with Gasteiger partial charge >= 0.3 is 12.0 Å². The van der Waals surface area contributed by atoms with Gasteiger partial charge < -0.3 is 15.0 Å². The molecule has 1 aliphatic rings. The van der Waals surface area contributed by atoms with Gasteiger partial charge in [-0.05, 0) is 24.6 Å². The van der Waals surface area contributed by atoms with Crippen LogP contribution in [0.15, 0.2) is 24.3 Å². The first-order chi connectivity index (χ1) is 11.8. The number of urea groups is 1. The van der Waals surface area contributed by atoms with E-state index in [2.05, 4.69) is 5.32 Å². The summed E-state index contributed by atoms with van der Waals surface area (Å²) in [4.78, 5) is 48.8. The third kappa shape index (κ3) is 4.93. The second-order valence-electron chi connectivity index (χ2n) is 5.62. The first-order valence-corrected chi connectivity index (χ1v) is 7.91. The van der Waals surface area contributed by atoms with Gasteiger partial charge in [0.1, 0.15) is 13.1 Å². The van der Waals surface area contributed by atoms with E-state index in [0.29, 0.717) is 5.02 Å². The molecule has 1 aliphatic heterocycles. The molecule has 8 nitrogen and oxygen atoms in total. The summed E-state index contributed by atoms with van der Waals surface area (Å²) in [6, 6.07) is 6.13. The van der Waals surface area contributed by atoms with E-state index in [0.717, 1.165) is 10.5 Å². The van der Waals surface area contributed by atoms with E-state index in [1.54, 1.807) is 25.1 Å². The minimum Gasteiger partial charge on any atom is -0.454 e. The van der Waals surface area contributed by atoms with Crippen molar-refractivity contribution in [3.8, 4) is 0 Å². The Morgan fingerprint density at radius 3 is 2.68 bits per heavy atom. The molecule has 0 bridgehead atoms. The first kappa shape index (κ1) is 18.7. The van der Waals surface area contributed by atoms with Crippen LogP contribution in [-0.4, -0.2) is 60.4 Å². The van der Waals surface area contributed by atoms with E-state index < -0.39 is 37.0 Å². The summed E-state index contributed by atoms with van der Waals surface area (Å²) in [5.74, 6) is -1.82. The zero-order valence-corrected chi connectivity index (χ0v) is 14.6. The highest BCUT2D eigenvalue weighted by atomic mass is 35.5. The van der Waals surface area contributed by atoms with Crippen molar-refractivity contribution in [3.05, 3.63) is 34.9 Å². The van der Waals surface area contributed by atoms with Crippen molar-refractivity contribution in [2.24, 2.45) is 0 Å². The second-order valence-corrected chi connectivity index (χ2v) is 6.06. The lowest BCUT2D eigenvalue weighted by Gasteiger charge is -2.16. The summed E-state index contributed by atoms with van der Waals surface area (Å²) in [7, 11) is 1.45. The van der Waals surface area contributed by atoms with Crippen LogP contribution in [0.1, 0.15) is 18.5 Å². The van der Waals surface area contributed by atoms with E-state index in [9.17, 15) is 19.2 Å². The molecular weight excluding hydrogens is 350 g/mol. The van der Waals surface area contributed by atoms with Crippen LogP contribution in [0.4, 0.5) is 4.79 Å². The zero-order chi connectivity index (χ0) is 18.6. The number of halogens is 1. The summed E-state index contributed by atoms with van der Waals surface area (Å²) in [5.41, 5.74) is 0.809. The SMILES string of the molecule is C[C@H](NC(=O)COC(=O)CN1C(=O)CN(C)C1=O)c1cccc(Cl)c1. The molecule has 4 amide bonds. The molecule has 1 aromatic carbocycles. The number of benzene rings is 1. The Bertz CT molecular complexity index is 709. The molecule has 1 saturated heterocycles. The molecule has 0 radical (unpaired) electrons. The molecule has 9 heteroatoms. The maximum absolute atomic E-state index is 11.9. The Morgan fingerprint density at radius 1 is 1.36 bits per heavy atom. The number of imide groups is 1. The average Bonchev–Trinajstić information content (AvgIpc) is 2.79. The van der Waals surface area contributed by atoms with Crippen LogP contribution in [0.3, 0.4) is 0 Å². The van der Waals surface area contributed by atoms with Gasteiger partial charge in [0.05, 0.1) is 6.04 Å². The standard InChI is InChI=1S/C16H18ClN3O5/c1-10(11-4-3-5-12(17)6-11)18-13(21)9-25-15(23)8-20-14(22)7-19(2)16(20)24/h3-6,10H,7-9H2,1-2H3,(H,18,21)/t10-/m0/s1. The first-order valence-electron chi connectivity index (χ1n) is 7.54. The van der Waals surface area contributed by atoms with Crippen LogP contribution in [0.2, 0.25) is 5.02 Å². The van der Waals surface area contributed by atoms with Gasteiger partial charge in [0.2, 0.25) is 0 Å². The molecule has 0 aliphatic carbocycles. The Balaban J connectivity index is 1.78. The molecule has 0 saturated carbocycles. The molecule has 2 rings (SSSR count). The van der Waals surface area contributed by atoms with E-state index >= 15 is 0 Å². The number of nitrogens with zero attached hydrogens (tertiary/aromatic N) is 2. The van der Waals surface area contributed by atoms with E-state index in [4.69, 9.17) is 16.3 Å². The van der Waals surface area contributed by atoms with Crippen molar-refractivity contribution in [2.45, 2.75) is 13.0 Å². The topological polar surface area (TPSA) is 96.0 Å². The van der Waals surface area contributed by atoms with Gasteiger partial charge in [-0.25, -0.2) is 4.79 Å². The highest BCUT2D eigenvalue weighted by Crippen LogP contribution is 2.17. The number of carbonyl (C=O) groups is 4. The summed E-state index contributed by atoms with van der Waals surface area (Å²) in [6.45, 7) is 0.668. The van der Waals surface area contributed by atoms with Crippen molar-refractivity contribution in [2.75, 3.05) is 26.7 Å². The highest BCUT2D eigenvalue weighted by molar-refractivity contribution is 6.30. The predicted molar refractivity (Wildman–Crippen MR) is 88.7 cm³/mol. The summed E-state index contributed by atoms with van der Waals surface area (Å²) in [6.07, 6.45) is 0. The van der Waals surface area contributed by atoms with Crippen molar-refractivity contribution < 1.29 is 23.9 Å². The van der Waals surface area contributed by atoms with Crippen LogP contribution in [0.5, 0.6) is 0 Å². The predicted octanol–water partition coefficient (Wildman–Crippen LogP) is 0.954. The van der Waals surface area contributed by atoms with Gasteiger partial charge in [0.15, 0.2) is 6.61 Å². The van der Waals surface area contributed by atoms with Gasteiger partial charge in [-0.1, -0.05) is 23.7 Å². The van der Waals surface area contributed by atoms with E-state index in [-0.39, 0.29) is 12.6 Å². The fraction of sp³-hybridized carbons (Fsp3) is 0.375. The van der Waals surface area contributed by atoms with Gasteiger partial charge in [-0.2, -0.15) is 0 Å². The van der Waals surface area contributed by atoms with Crippen LogP contribution in [0, 0.1) is 0 Å². The Hall–Kier alpha value is -2.61. The third-order valence-corrected chi connectivity index (χ3v) is 3.84. The number of rotatable bonds is 6.